The summed E-state index contributed by atoms with van der Waals surface area (Å²) in [5, 5.41) is 12.7. The molecule has 146 valence electrons. The van der Waals surface area contributed by atoms with E-state index in [4.69, 9.17) is 9.40 Å². The molecule has 28 heavy (non-hydrogen) atoms. The summed E-state index contributed by atoms with van der Waals surface area (Å²) >= 11 is 0. The van der Waals surface area contributed by atoms with Crippen LogP contribution in [0.15, 0.2) is 34.7 Å². The Balaban J connectivity index is 1.42. The molecular formula is C22H26N4O2. The summed E-state index contributed by atoms with van der Waals surface area (Å²) < 4.78 is 5.90. The van der Waals surface area contributed by atoms with E-state index in [0.717, 1.165) is 55.5 Å². The number of nitrogens with zero attached hydrogens (tertiary/aromatic N) is 3. The minimum Gasteiger partial charge on any atom is -0.441 e. The van der Waals surface area contributed by atoms with E-state index in [0.29, 0.717) is 12.4 Å². The minimum absolute atomic E-state index is 0.0252. The summed E-state index contributed by atoms with van der Waals surface area (Å²) in [5.41, 5.74) is 1.82. The van der Waals surface area contributed by atoms with Crippen LogP contribution in [0.25, 0.3) is 11.5 Å². The largest absolute Gasteiger partial charge is 0.441 e. The van der Waals surface area contributed by atoms with Crippen LogP contribution in [0.1, 0.15) is 43.6 Å². The van der Waals surface area contributed by atoms with Crippen molar-refractivity contribution in [3.05, 3.63) is 41.8 Å². The third-order valence-corrected chi connectivity index (χ3v) is 6.07. The van der Waals surface area contributed by atoms with Crippen molar-refractivity contribution in [3.8, 4) is 17.5 Å². The first-order valence-corrected chi connectivity index (χ1v) is 10.1. The highest BCUT2D eigenvalue weighted by Crippen LogP contribution is 2.36. The molecule has 1 saturated heterocycles. The number of likely N-dealkylation sites (tertiary alicyclic amines) is 1. The second-order valence-electron chi connectivity index (χ2n) is 7.93. The summed E-state index contributed by atoms with van der Waals surface area (Å²) in [5.74, 6) is 1.51. The molecule has 0 radical (unpaired) electrons. The van der Waals surface area contributed by atoms with Gasteiger partial charge in [0.25, 0.3) is 0 Å². The number of oxazole rings is 1. The van der Waals surface area contributed by atoms with E-state index in [2.05, 4.69) is 11.4 Å². The molecule has 1 aromatic heterocycles. The Kier molecular flexibility index (Phi) is 5.19. The van der Waals surface area contributed by atoms with E-state index in [9.17, 15) is 10.1 Å². The molecule has 1 aromatic carbocycles. The van der Waals surface area contributed by atoms with Crippen molar-refractivity contribution in [2.24, 2.45) is 0 Å². The molecule has 1 saturated carbocycles. The van der Waals surface area contributed by atoms with E-state index in [1.165, 1.54) is 0 Å². The molecule has 0 bridgehead atoms. The van der Waals surface area contributed by atoms with Crippen molar-refractivity contribution in [2.75, 3.05) is 13.1 Å². The molecule has 1 aliphatic heterocycles. The number of rotatable bonds is 6. The monoisotopic (exact) mass is 378 g/mol. The molecule has 2 heterocycles. The van der Waals surface area contributed by atoms with E-state index < -0.39 is 0 Å². The van der Waals surface area contributed by atoms with Crippen molar-refractivity contribution >= 4 is 5.91 Å². The molecule has 1 unspecified atom stereocenters. The molecule has 0 spiro atoms. The number of hydrogen-bond donors (Lipinski definition) is 1. The first-order chi connectivity index (χ1) is 13.6. The fourth-order valence-electron chi connectivity index (χ4n) is 4.20. The van der Waals surface area contributed by atoms with Crippen LogP contribution in [0.2, 0.25) is 0 Å². The smallest absolute Gasteiger partial charge is 0.237 e. The van der Waals surface area contributed by atoms with Crippen molar-refractivity contribution in [3.63, 3.8) is 0 Å². The summed E-state index contributed by atoms with van der Waals surface area (Å²) in [6.45, 7) is 2.92. The second-order valence-corrected chi connectivity index (χ2v) is 7.93. The van der Waals surface area contributed by atoms with Gasteiger partial charge in [0.15, 0.2) is 0 Å². The zero-order valence-corrected chi connectivity index (χ0v) is 16.3. The predicted octanol–water partition coefficient (Wildman–Crippen LogP) is 3.22. The number of amides is 1. The highest BCUT2D eigenvalue weighted by Gasteiger charge is 2.39. The molecular weight excluding hydrogens is 352 g/mol. The van der Waals surface area contributed by atoms with Crippen LogP contribution in [0, 0.1) is 18.3 Å². The van der Waals surface area contributed by atoms with Crippen LogP contribution in [0.3, 0.4) is 0 Å². The van der Waals surface area contributed by atoms with Gasteiger partial charge in [0.1, 0.15) is 11.8 Å². The summed E-state index contributed by atoms with van der Waals surface area (Å²) in [6, 6.07) is 11.9. The Morgan fingerprint density at radius 2 is 2.14 bits per heavy atom. The molecule has 1 atom stereocenters. The number of nitriles is 1. The fraction of sp³-hybridized carbons (Fsp3) is 0.500. The van der Waals surface area contributed by atoms with Crippen LogP contribution >= 0.6 is 0 Å². The SMILES string of the molecule is Cc1oc(-c2ccccc2)nc1CC1(NCC(=O)N2CCCC2C#N)CCC1. The number of nitrogens with one attached hydrogen (secondary N) is 1. The number of aromatic nitrogens is 1. The maximum atomic E-state index is 12.6. The lowest BCUT2D eigenvalue weighted by Crippen LogP contribution is -2.56. The lowest BCUT2D eigenvalue weighted by atomic mass is 9.73. The molecule has 6 nitrogen and oxygen atoms in total. The number of carbonyl (C=O) groups is 1. The van der Waals surface area contributed by atoms with Gasteiger partial charge in [-0.1, -0.05) is 18.2 Å². The van der Waals surface area contributed by atoms with Gasteiger partial charge in [-0.3, -0.25) is 4.79 Å². The van der Waals surface area contributed by atoms with E-state index >= 15 is 0 Å². The Bertz CT molecular complexity index is 880. The van der Waals surface area contributed by atoms with Crippen LogP contribution in [0.5, 0.6) is 0 Å². The zero-order valence-electron chi connectivity index (χ0n) is 16.3. The first-order valence-electron chi connectivity index (χ1n) is 10.1. The predicted molar refractivity (Wildman–Crippen MR) is 105 cm³/mol. The van der Waals surface area contributed by atoms with Crippen molar-refractivity contribution < 1.29 is 9.21 Å². The fourth-order valence-corrected chi connectivity index (χ4v) is 4.20. The number of carbonyl (C=O) groups excluding carboxylic acids is 1. The first kappa shape index (κ1) is 18.7. The van der Waals surface area contributed by atoms with Gasteiger partial charge in [0, 0.05) is 24.1 Å². The highest BCUT2D eigenvalue weighted by molar-refractivity contribution is 5.79. The Hall–Kier alpha value is -2.65. The third-order valence-electron chi connectivity index (χ3n) is 6.07. The second kappa shape index (κ2) is 7.76. The molecule has 2 aromatic rings. The van der Waals surface area contributed by atoms with Gasteiger partial charge in [-0.15, -0.1) is 0 Å². The standard InChI is InChI=1S/C22H26N4O2/c1-16-19(25-21(28-16)17-7-3-2-4-8-17)13-22(10-6-11-22)24-15-20(27)26-12-5-9-18(26)14-23/h2-4,7-8,18,24H,5-6,9-13,15H2,1H3. The molecule has 6 heteroatoms. The average Bonchev–Trinajstić information content (AvgIpc) is 3.31. The Labute approximate surface area is 165 Å². The highest BCUT2D eigenvalue weighted by atomic mass is 16.4. The van der Waals surface area contributed by atoms with Gasteiger partial charge < -0.3 is 14.6 Å². The molecule has 1 amide bonds. The van der Waals surface area contributed by atoms with E-state index in [1.54, 1.807) is 4.90 Å². The van der Waals surface area contributed by atoms with Crippen LogP contribution in [0.4, 0.5) is 0 Å². The zero-order chi connectivity index (χ0) is 19.6. The van der Waals surface area contributed by atoms with Gasteiger partial charge in [-0.25, -0.2) is 4.98 Å². The van der Waals surface area contributed by atoms with Gasteiger partial charge in [0.05, 0.1) is 18.3 Å². The number of aryl methyl sites for hydroxylation is 1. The molecule has 2 aliphatic rings. The molecule has 1 N–H and O–H groups in total. The molecule has 4 rings (SSSR count). The van der Waals surface area contributed by atoms with Crippen LogP contribution < -0.4 is 5.32 Å². The minimum atomic E-state index is -0.266. The quantitative estimate of drug-likeness (QED) is 0.835. The number of benzene rings is 1. The Morgan fingerprint density at radius 1 is 1.36 bits per heavy atom. The number of hydrogen-bond acceptors (Lipinski definition) is 5. The Morgan fingerprint density at radius 3 is 2.82 bits per heavy atom. The van der Waals surface area contributed by atoms with E-state index in [-0.39, 0.29) is 24.0 Å². The van der Waals surface area contributed by atoms with E-state index in [1.807, 2.05) is 37.3 Å². The maximum absolute atomic E-state index is 12.6. The normalized spacial score (nSPS) is 20.6. The van der Waals surface area contributed by atoms with Gasteiger partial charge in [-0.2, -0.15) is 5.26 Å². The lowest BCUT2D eigenvalue weighted by Gasteiger charge is -2.43. The summed E-state index contributed by atoms with van der Waals surface area (Å²) in [4.78, 5) is 19.0. The summed E-state index contributed by atoms with van der Waals surface area (Å²) in [6.07, 6.45) is 5.64. The molecule has 2 fully saturated rings. The van der Waals surface area contributed by atoms with Crippen molar-refractivity contribution in [2.45, 2.75) is 57.0 Å². The van der Waals surface area contributed by atoms with Crippen LogP contribution in [-0.4, -0.2) is 40.5 Å². The van der Waals surface area contributed by atoms with Crippen LogP contribution in [-0.2, 0) is 11.2 Å². The van der Waals surface area contributed by atoms with Crippen molar-refractivity contribution in [1.82, 2.24) is 15.2 Å². The van der Waals surface area contributed by atoms with Gasteiger partial charge >= 0.3 is 0 Å². The molecule has 1 aliphatic carbocycles. The summed E-state index contributed by atoms with van der Waals surface area (Å²) in [7, 11) is 0. The maximum Gasteiger partial charge on any atom is 0.237 e. The third kappa shape index (κ3) is 3.67. The topological polar surface area (TPSA) is 82.2 Å². The lowest BCUT2D eigenvalue weighted by molar-refractivity contribution is -0.130. The van der Waals surface area contributed by atoms with Gasteiger partial charge in [-0.05, 0) is 51.2 Å². The van der Waals surface area contributed by atoms with Gasteiger partial charge in [0.2, 0.25) is 11.8 Å². The van der Waals surface area contributed by atoms with Crippen molar-refractivity contribution in [1.29, 1.82) is 5.26 Å². The average molecular weight is 378 g/mol.